The summed E-state index contributed by atoms with van der Waals surface area (Å²) in [5.41, 5.74) is 6.18. The SMILES string of the molecule is COc1ccc(S(=O)(=O)C(N)(CC(=O)N(C)C)C(C)CC(=O)O)cc1. The lowest BCUT2D eigenvalue weighted by Gasteiger charge is -2.34. The maximum atomic E-state index is 13.1. The number of methoxy groups -OCH3 is 1. The van der Waals surface area contributed by atoms with E-state index in [0.717, 1.165) is 0 Å². The zero-order chi connectivity index (χ0) is 19.4. The molecule has 0 aliphatic carbocycles. The van der Waals surface area contributed by atoms with Gasteiger partial charge in [0.2, 0.25) is 5.91 Å². The van der Waals surface area contributed by atoms with Crippen molar-refractivity contribution < 1.29 is 27.9 Å². The number of rotatable bonds is 8. The van der Waals surface area contributed by atoms with Gasteiger partial charge in [-0.25, -0.2) is 8.42 Å². The highest BCUT2D eigenvalue weighted by molar-refractivity contribution is 7.92. The van der Waals surface area contributed by atoms with E-state index in [4.69, 9.17) is 15.6 Å². The van der Waals surface area contributed by atoms with Crippen molar-refractivity contribution in [3.8, 4) is 5.75 Å². The van der Waals surface area contributed by atoms with Crippen LogP contribution < -0.4 is 10.5 Å². The maximum Gasteiger partial charge on any atom is 0.303 e. The third-order valence-corrected chi connectivity index (χ3v) is 6.55. The molecule has 3 N–H and O–H groups in total. The first-order valence-electron chi connectivity index (χ1n) is 7.55. The molecular formula is C16H24N2O6S. The Labute approximate surface area is 147 Å². The molecule has 0 radical (unpaired) electrons. The second kappa shape index (κ2) is 7.83. The number of aliphatic carboxylic acids is 1. The molecule has 0 bridgehead atoms. The van der Waals surface area contributed by atoms with Gasteiger partial charge in [-0.15, -0.1) is 0 Å². The monoisotopic (exact) mass is 372 g/mol. The van der Waals surface area contributed by atoms with Crippen molar-refractivity contribution in [1.29, 1.82) is 0 Å². The van der Waals surface area contributed by atoms with Crippen molar-refractivity contribution in [2.24, 2.45) is 11.7 Å². The molecule has 8 nitrogen and oxygen atoms in total. The Morgan fingerprint density at radius 2 is 1.80 bits per heavy atom. The fourth-order valence-corrected chi connectivity index (χ4v) is 4.20. The molecule has 1 aromatic rings. The summed E-state index contributed by atoms with van der Waals surface area (Å²) in [5.74, 6) is -2.22. The van der Waals surface area contributed by atoms with E-state index >= 15 is 0 Å². The number of carboxylic acids is 1. The van der Waals surface area contributed by atoms with Crippen LogP contribution in [0.4, 0.5) is 0 Å². The fourth-order valence-electron chi connectivity index (χ4n) is 2.34. The van der Waals surface area contributed by atoms with Gasteiger partial charge in [-0.1, -0.05) is 6.92 Å². The quantitative estimate of drug-likeness (QED) is 0.688. The first kappa shape index (κ1) is 20.9. The molecule has 2 atom stereocenters. The summed E-state index contributed by atoms with van der Waals surface area (Å²) in [6.07, 6.45) is -1.00. The fraction of sp³-hybridized carbons (Fsp3) is 0.500. The number of hydrogen-bond acceptors (Lipinski definition) is 6. The second-order valence-electron chi connectivity index (χ2n) is 6.10. The molecule has 0 spiro atoms. The van der Waals surface area contributed by atoms with Crippen molar-refractivity contribution >= 4 is 21.7 Å². The molecular weight excluding hydrogens is 348 g/mol. The van der Waals surface area contributed by atoms with Crippen LogP contribution in [0.25, 0.3) is 0 Å². The third kappa shape index (κ3) is 4.49. The molecule has 0 fully saturated rings. The zero-order valence-electron chi connectivity index (χ0n) is 14.7. The van der Waals surface area contributed by atoms with Crippen LogP contribution in [0.2, 0.25) is 0 Å². The summed E-state index contributed by atoms with van der Waals surface area (Å²) in [4.78, 5) is 22.3. The van der Waals surface area contributed by atoms with Gasteiger partial charge in [-0.3, -0.25) is 9.59 Å². The summed E-state index contributed by atoms with van der Waals surface area (Å²) in [6.45, 7) is 1.41. The average molecular weight is 372 g/mol. The number of nitrogens with two attached hydrogens (primary N) is 1. The summed E-state index contributed by atoms with van der Waals surface area (Å²) in [5, 5.41) is 9.03. The summed E-state index contributed by atoms with van der Waals surface area (Å²) < 4.78 is 31.2. The number of carboxylic acid groups (broad SMARTS) is 1. The number of carbonyl (C=O) groups excluding carboxylic acids is 1. The maximum absolute atomic E-state index is 13.1. The van der Waals surface area contributed by atoms with Crippen LogP contribution in [-0.4, -0.2) is 56.4 Å². The van der Waals surface area contributed by atoms with E-state index in [1.807, 2.05) is 0 Å². The van der Waals surface area contributed by atoms with Gasteiger partial charge in [0.15, 0.2) is 9.84 Å². The highest BCUT2D eigenvalue weighted by Crippen LogP contribution is 2.34. The van der Waals surface area contributed by atoms with Crippen LogP contribution in [-0.2, 0) is 19.4 Å². The van der Waals surface area contributed by atoms with Gasteiger partial charge < -0.3 is 20.5 Å². The normalized spacial score (nSPS) is 15.1. The van der Waals surface area contributed by atoms with Gasteiger partial charge in [0, 0.05) is 14.1 Å². The first-order chi connectivity index (χ1) is 11.5. The molecule has 1 rings (SSSR count). The Bertz CT molecular complexity index is 729. The van der Waals surface area contributed by atoms with E-state index in [1.54, 1.807) is 0 Å². The number of hydrogen-bond donors (Lipinski definition) is 2. The summed E-state index contributed by atoms with van der Waals surface area (Å²) in [7, 11) is 0.212. The molecule has 0 saturated heterocycles. The number of nitrogens with zero attached hydrogens (tertiary/aromatic N) is 1. The Morgan fingerprint density at radius 1 is 1.28 bits per heavy atom. The molecule has 0 heterocycles. The Balaban J connectivity index is 3.41. The van der Waals surface area contributed by atoms with Crippen LogP contribution in [0, 0.1) is 5.92 Å². The molecule has 9 heteroatoms. The number of ether oxygens (including phenoxy) is 1. The molecule has 1 amide bonds. The predicted octanol–water partition coefficient (Wildman–Crippen LogP) is 0.713. The van der Waals surface area contributed by atoms with Gasteiger partial charge in [0.25, 0.3) is 0 Å². The minimum atomic E-state index is -4.19. The van der Waals surface area contributed by atoms with Crippen LogP contribution >= 0.6 is 0 Å². The number of sulfone groups is 1. The van der Waals surface area contributed by atoms with Gasteiger partial charge >= 0.3 is 5.97 Å². The van der Waals surface area contributed by atoms with Crippen molar-refractivity contribution in [2.45, 2.75) is 29.5 Å². The van der Waals surface area contributed by atoms with Gasteiger partial charge in [-0.2, -0.15) is 0 Å². The van der Waals surface area contributed by atoms with Crippen LogP contribution in [0.5, 0.6) is 5.75 Å². The van der Waals surface area contributed by atoms with E-state index in [1.165, 1.54) is 57.3 Å². The highest BCUT2D eigenvalue weighted by atomic mass is 32.2. The van der Waals surface area contributed by atoms with Crippen molar-refractivity contribution in [1.82, 2.24) is 4.90 Å². The molecule has 1 aromatic carbocycles. The van der Waals surface area contributed by atoms with E-state index in [-0.39, 0.29) is 4.90 Å². The topological polar surface area (TPSA) is 127 Å². The van der Waals surface area contributed by atoms with Gasteiger partial charge in [-0.05, 0) is 30.2 Å². The average Bonchev–Trinajstić information content (AvgIpc) is 2.53. The van der Waals surface area contributed by atoms with Gasteiger partial charge in [0.05, 0.1) is 24.8 Å². The second-order valence-corrected chi connectivity index (χ2v) is 8.34. The predicted molar refractivity (Wildman–Crippen MR) is 91.8 cm³/mol. The van der Waals surface area contributed by atoms with Crippen molar-refractivity contribution in [3.05, 3.63) is 24.3 Å². The number of carbonyl (C=O) groups is 2. The summed E-state index contributed by atoms with van der Waals surface area (Å²) in [6, 6.07) is 5.57. The van der Waals surface area contributed by atoms with Crippen molar-refractivity contribution in [3.63, 3.8) is 0 Å². The van der Waals surface area contributed by atoms with Crippen molar-refractivity contribution in [2.75, 3.05) is 21.2 Å². The van der Waals surface area contributed by atoms with E-state index in [9.17, 15) is 18.0 Å². The van der Waals surface area contributed by atoms with Gasteiger partial charge in [0.1, 0.15) is 10.6 Å². The molecule has 0 aliphatic rings. The van der Waals surface area contributed by atoms with E-state index in [0.29, 0.717) is 5.75 Å². The smallest absolute Gasteiger partial charge is 0.303 e. The van der Waals surface area contributed by atoms with Crippen LogP contribution in [0.3, 0.4) is 0 Å². The minimum Gasteiger partial charge on any atom is -0.497 e. The molecule has 0 saturated carbocycles. The highest BCUT2D eigenvalue weighted by Gasteiger charge is 2.48. The Morgan fingerprint density at radius 3 is 2.20 bits per heavy atom. The lowest BCUT2D eigenvalue weighted by Crippen LogP contribution is -2.56. The van der Waals surface area contributed by atoms with E-state index in [2.05, 4.69) is 0 Å². The number of amides is 1. The van der Waals surface area contributed by atoms with Crippen LogP contribution in [0.15, 0.2) is 29.2 Å². The lowest BCUT2D eigenvalue weighted by atomic mass is 9.95. The largest absolute Gasteiger partial charge is 0.497 e. The molecule has 2 unspecified atom stereocenters. The Kier molecular flexibility index (Phi) is 6.55. The third-order valence-electron chi connectivity index (χ3n) is 4.11. The standard InChI is InChI=1S/C16H24N2O6S/c1-11(9-15(20)21)16(17,10-14(19)18(2)3)25(22,23)13-7-5-12(24-4)6-8-13/h5-8,11H,9-10,17H2,1-4H3,(H,20,21). The minimum absolute atomic E-state index is 0.0976. The number of benzene rings is 1. The zero-order valence-corrected chi connectivity index (χ0v) is 15.5. The molecule has 0 aromatic heterocycles. The summed E-state index contributed by atoms with van der Waals surface area (Å²) >= 11 is 0. The van der Waals surface area contributed by atoms with Crippen LogP contribution in [0.1, 0.15) is 19.8 Å². The Hall–Kier alpha value is -2.13. The molecule has 0 aliphatic heterocycles. The first-order valence-corrected chi connectivity index (χ1v) is 9.03. The molecule has 140 valence electrons. The molecule has 25 heavy (non-hydrogen) atoms. The van der Waals surface area contributed by atoms with E-state index < -0.39 is 45.3 Å². The lowest BCUT2D eigenvalue weighted by molar-refractivity contribution is -0.139.